The highest BCUT2D eigenvalue weighted by atomic mass is 35.5. The molecule has 0 aliphatic rings. The summed E-state index contributed by atoms with van der Waals surface area (Å²) in [4.78, 5) is 15.6. The molecule has 0 radical (unpaired) electrons. The van der Waals surface area contributed by atoms with Crippen LogP contribution in [0.1, 0.15) is 25.8 Å². The van der Waals surface area contributed by atoms with Crippen molar-refractivity contribution in [1.29, 1.82) is 0 Å². The largest absolute Gasteiger partial charge is 0.356 e. The van der Waals surface area contributed by atoms with Gasteiger partial charge in [-0.05, 0) is 31.5 Å². The first-order chi connectivity index (χ1) is 10.0. The molecule has 116 valence electrons. The van der Waals surface area contributed by atoms with Crippen LogP contribution in [0.25, 0.3) is 0 Å². The molecule has 1 aromatic rings. The van der Waals surface area contributed by atoms with Gasteiger partial charge in [-0.2, -0.15) is 0 Å². The third-order valence-electron chi connectivity index (χ3n) is 2.69. The zero-order chi connectivity index (χ0) is 15.7. The number of halogens is 1. The number of amides is 1. The summed E-state index contributed by atoms with van der Waals surface area (Å²) in [5.41, 5.74) is 1.11. The fourth-order valence-electron chi connectivity index (χ4n) is 1.70. The molecule has 5 nitrogen and oxygen atoms in total. The number of aliphatic imine (C=N–C) groups is 1. The lowest BCUT2D eigenvalue weighted by Gasteiger charge is -2.12. The summed E-state index contributed by atoms with van der Waals surface area (Å²) in [5.74, 6) is 0.702. The van der Waals surface area contributed by atoms with Crippen LogP contribution in [0.5, 0.6) is 0 Å². The number of hydrogen-bond acceptors (Lipinski definition) is 2. The van der Waals surface area contributed by atoms with E-state index in [1.807, 2.05) is 38.1 Å². The zero-order valence-corrected chi connectivity index (χ0v) is 13.5. The van der Waals surface area contributed by atoms with Gasteiger partial charge < -0.3 is 16.0 Å². The monoisotopic (exact) mass is 310 g/mol. The van der Waals surface area contributed by atoms with Gasteiger partial charge in [0.15, 0.2) is 5.96 Å². The molecule has 0 atom stereocenters. The normalized spacial score (nSPS) is 11.4. The number of guanidine groups is 1. The Hall–Kier alpha value is -1.75. The maximum absolute atomic E-state index is 11.5. The Labute approximate surface area is 131 Å². The van der Waals surface area contributed by atoms with E-state index >= 15 is 0 Å². The molecule has 0 bridgehead atoms. The molecule has 1 rings (SSSR count). The Balaban J connectivity index is 2.29. The van der Waals surface area contributed by atoms with Gasteiger partial charge in [0, 0.05) is 37.6 Å². The van der Waals surface area contributed by atoms with Crippen molar-refractivity contribution in [3.05, 3.63) is 34.9 Å². The van der Waals surface area contributed by atoms with Crippen LogP contribution in [-0.2, 0) is 11.3 Å². The van der Waals surface area contributed by atoms with E-state index in [1.165, 1.54) is 0 Å². The van der Waals surface area contributed by atoms with Crippen LogP contribution in [0.4, 0.5) is 0 Å². The molecule has 0 aliphatic carbocycles. The van der Waals surface area contributed by atoms with Crippen molar-refractivity contribution in [2.24, 2.45) is 4.99 Å². The van der Waals surface area contributed by atoms with Crippen molar-refractivity contribution in [3.63, 3.8) is 0 Å². The van der Waals surface area contributed by atoms with Crippen LogP contribution in [0, 0.1) is 0 Å². The van der Waals surface area contributed by atoms with Gasteiger partial charge in [-0.15, -0.1) is 0 Å². The van der Waals surface area contributed by atoms with E-state index in [2.05, 4.69) is 20.9 Å². The first-order valence-corrected chi connectivity index (χ1v) is 7.37. The number of carbonyl (C=O) groups is 1. The first-order valence-electron chi connectivity index (χ1n) is 6.99. The number of hydrogen-bond donors (Lipinski definition) is 3. The van der Waals surface area contributed by atoms with Crippen LogP contribution in [0.3, 0.4) is 0 Å². The smallest absolute Gasteiger partial charge is 0.221 e. The summed E-state index contributed by atoms with van der Waals surface area (Å²) in [6.45, 7) is 5.07. The summed E-state index contributed by atoms with van der Waals surface area (Å²) in [7, 11) is 1.70. The molecule has 0 unspecified atom stereocenters. The van der Waals surface area contributed by atoms with Gasteiger partial charge in [-0.1, -0.05) is 23.7 Å². The van der Waals surface area contributed by atoms with E-state index in [4.69, 9.17) is 11.6 Å². The van der Waals surface area contributed by atoms with E-state index in [0.717, 1.165) is 10.6 Å². The Kier molecular flexibility index (Phi) is 7.61. The lowest BCUT2D eigenvalue weighted by Crippen LogP contribution is -2.39. The Morgan fingerprint density at radius 3 is 2.48 bits per heavy atom. The van der Waals surface area contributed by atoms with Gasteiger partial charge in [0.1, 0.15) is 0 Å². The minimum Gasteiger partial charge on any atom is -0.356 e. The van der Waals surface area contributed by atoms with Gasteiger partial charge in [0.05, 0.1) is 0 Å². The summed E-state index contributed by atoms with van der Waals surface area (Å²) < 4.78 is 0. The first kappa shape index (κ1) is 17.3. The summed E-state index contributed by atoms with van der Waals surface area (Å²) >= 11 is 5.84. The molecule has 3 N–H and O–H groups in total. The maximum Gasteiger partial charge on any atom is 0.221 e. The lowest BCUT2D eigenvalue weighted by atomic mass is 10.2. The molecular weight excluding hydrogens is 288 g/mol. The molecule has 0 saturated heterocycles. The molecule has 6 heteroatoms. The molecule has 0 aromatic heterocycles. The van der Waals surface area contributed by atoms with E-state index in [-0.39, 0.29) is 11.9 Å². The molecule has 0 saturated carbocycles. The standard InChI is InChI=1S/C15H23ClN4O/c1-11(2)20-14(21)8-9-18-15(17-3)19-10-12-4-6-13(16)7-5-12/h4-7,11H,8-10H2,1-3H3,(H,20,21)(H2,17,18,19). The van der Waals surface area contributed by atoms with Crippen molar-refractivity contribution in [1.82, 2.24) is 16.0 Å². The van der Waals surface area contributed by atoms with E-state index in [1.54, 1.807) is 7.05 Å². The van der Waals surface area contributed by atoms with Gasteiger partial charge >= 0.3 is 0 Å². The molecule has 0 heterocycles. The SMILES string of the molecule is CN=C(NCCC(=O)NC(C)C)NCc1ccc(Cl)cc1. The Bertz CT molecular complexity index is 471. The molecule has 1 aromatic carbocycles. The van der Waals surface area contributed by atoms with Gasteiger partial charge in [-0.3, -0.25) is 9.79 Å². The highest BCUT2D eigenvalue weighted by Gasteiger charge is 2.04. The highest BCUT2D eigenvalue weighted by Crippen LogP contribution is 2.08. The van der Waals surface area contributed by atoms with Crippen LogP contribution >= 0.6 is 11.6 Å². The quantitative estimate of drug-likeness (QED) is 0.555. The Morgan fingerprint density at radius 2 is 1.90 bits per heavy atom. The van der Waals surface area contributed by atoms with Gasteiger partial charge in [-0.25, -0.2) is 0 Å². The van der Waals surface area contributed by atoms with Crippen LogP contribution in [0.15, 0.2) is 29.3 Å². The third kappa shape index (κ3) is 7.56. The molecule has 0 spiro atoms. The molecular formula is C15H23ClN4O. The second kappa shape index (κ2) is 9.23. The molecule has 0 aliphatic heterocycles. The lowest BCUT2D eigenvalue weighted by molar-refractivity contribution is -0.121. The fourth-order valence-corrected chi connectivity index (χ4v) is 1.82. The minimum absolute atomic E-state index is 0.0330. The van der Waals surface area contributed by atoms with Gasteiger partial charge in [0.2, 0.25) is 5.91 Å². The van der Waals surface area contributed by atoms with Crippen molar-refractivity contribution in [2.45, 2.75) is 32.9 Å². The zero-order valence-electron chi connectivity index (χ0n) is 12.7. The number of rotatable bonds is 6. The average Bonchev–Trinajstić information content (AvgIpc) is 2.43. The van der Waals surface area contributed by atoms with E-state index < -0.39 is 0 Å². The second-order valence-electron chi connectivity index (χ2n) is 4.95. The topological polar surface area (TPSA) is 65.5 Å². The average molecular weight is 311 g/mol. The maximum atomic E-state index is 11.5. The summed E-state index contributed by atoms with van der Waals surface area (Å²) in [5, 5.41) is 9.86. The van der Waals surface area contributed by atoms with Crippen molar-refractivity contribution >= 4 is 23.5 Å². The van der Waals surface area contributed by atoms with E-state index in [9.17, 15) is 4.79 Å². The number of carbonyl (C=O) groups excluding carboxylic acids is 1. The minimum atomic E-state index is 0.0330. The van der Waals surface area contributed by atoms with Crippen molar-refractivity contribution in [3.8, 4) is 0 Å². The van der Waals surface area contributed by atoms with Crippen LogP contribution in [0.2, 0.25) is 5.02 Å². The number of benzene rings is 1. The predicted octanol–water partition coefficient (Wildman–Crippen LogP) is 1.92. The molecule has 1 amide bonds. The third-order valence-corrected chi connectivity index (χ3v) is 2.94. The number of nitrogens with zero attached hydrogens (tertiary/aromatic N) is 1. The van der Waals surface area contributed by atoms with Crippen molar-refractivity contribution in [2.75, 3.05) is 13.6 Å². The number of nitrogens with one attached hydrogen (secondary N) is 3. The summed E-state index contributed by atoms with van der Waals surface area (Å²) in [6, 6.07) is 7.78. The predicted molar refractivity (Wildman–Crippen MR) is 87.5 cm³/mol. The highest BCUT2D eigenvalue weighted by molar-refractivity contribution is 6.30. The second-order valence-corrected chi connectivity index (χ2v) is 5.39. The van der Waals surface area contributed by atoms with E-state index in [0.29, 0.717) is 25.5 Å². The Morgan fingerprint density at radius 1 is 1.24 bits per heavy atom. The molecule has 0 fully saturated rings. The van der Waals surface area contributed by atoms with Gasteiger partial charge in [0.25, 0.3) is 0 Å². The van der Waals surface area contributed by atoms with Crippen molar-refractivity contribution < 1.29 is 4.79 Å². The fraction of sp³-hybridized carbons (Fsp3) is 0.467. The van der Waals surface area contributed by atoms with Crippen LogP contribution < -0.4 is 16.0 Å². The molecule has 21 heavy (non-hydrogen) atoms. The summed E-state index contributed by atoms with van der Waals surface area (Å²) in [6.07, 6.45) is 0.416. The van der Waals surface area contributed by atoms with Crippen LogP contribution in [-0.4, -0.2) is 31.5 Å².